The smallest absolute Gasteiger partial charge is 0.163 e. The van der Waals surface area contributed by atoms with Gasteiger partial charge in [-0.1, -0.05) is 0 Å². The summed E-state index contributed by atoms with van der Waals surface area (Å²) in [5.74, 6) is 2.00. The molecule has 3 aromatic rings. The minimum atomic E-state index is 0.611. The Balaban J connectivity index is 1.39. The Morgan fingerprint density at radius 1 is 1.12 bits per heavy atom. The van der Waals surface area contributed by atoms with Crippen LogP contribution in [0.15, 0.2) is 42.7 Å². The maximum atomic E-state index is 8.99. The minimum Gasteiger partial charge on any atom is -0.493 e. The van der Waals surface area contributed by atoms with Crippen molar-refractivity contribution in [2.24, 2.45) is 0 Å². The lowest BCUT2D eigenvalue weighted by atomic mass is 10.0. The molecule has 0 bridgehead atoms. The van der Waals surface area contributed by atoms with Gasteiger partial charge in [-0.15, -0.1) is 0 Å². The molecule has 8 nitrogen and oxygen atoms in total. The van der Waals surface area contributed by atoms with Crippen LogP contribution in [0.1, 0.15) is 24.8 Å². The van der Waals surface area contributed by atoms with Crippen LogP contribution in [0.25, 0.3) is 10.9 Å². The Morgan fingerprint density at radius 2 is 1.88 bits per heavy atom. The number of benzene rings is 2. The molecular formula is C26H32N6O2. The average molecular weight is 461 g/mol. The molecule has 0 aliphatic carbocycles. The van der Waals surface area contributed by atoms with Gasteiger partial charge in [-0.3, -0.25) is 0 Å². The second-order valence-electron chi connectivity index (χ2n) is 8.80. The van der Waals surface area contributed by atoms with Crippen molar-refractivity contribution in [2.45, 2.75) is 25.3 Å². The first-order valence-electron chi connectivity index (χ1n) is 11.7. The molecule has 1 aromatic heterocycles. The van der Waals surface area contributed by atoms with E-state index < -0.39 is 0 Å². The van der Waals surface area contributed by atoms with E-state index in [1.165, 1.54) is 19.2 Å². The number of methoxy groups -OCH3 is 1. The molecule has 4 rings (SSSR count). The normalized spacial score (nSPS) is 14.8. The largest absolute Gasteiger partial charge is 0.493 e. The summed E-state index contributed by atoms with van der Waals surface area (Å²) in [6.45, 7) is 3.95. The summed E-state index contributed by atoms with van der Waals surface area (Å²) in [4.78, 5) is 13.7. The van der Waals surface area contributed by atoms with E-state index in [2.05, 4.69) is 45.2 Å². The van der Waals surface area contributed by atoms with Crippen LogP contribution in [0.3, 0.4) is 0 Å². The fourth-order valence-corrected chi connectivity index (χ4v) is 4.33. The third-order valence-electron chi connectivity index (χ3n) is 6.36. The van der Waals surface area contributed by atoms with Crippen molar-refractivity contribution in [3.8, 4) is 17.6 Å². The zero-order chi connectivity index (χ0) is 23.9. The predicted octanol–water partition coefficient (Wildman–Crippen LogP) is 4.05. The van der Waals surface area contributed by atoms with Crippen molar-refractivity contribution < 1.29 is 9.47 Å². The van der Waals surface area contributed by atoms with Crippen LogP contribution in [-0.2, 0) is 0 Å². The predicted molar refractivity (Wildman–Crippen MR) is 134 cm³/mol. The first-order valence-corrected chi connectivity index (χ1v) is 11.7. The minimum absolute atomic E-state index is 0.611. The van der Waals surface area contributed by atoms with E-state index >= 15 is 0 Å². The molecule has 0 saturated carbocycles. The lowest BCUT2D eigenvalue weighted by Crippen LogP contribution is -2.42. The van der Waals surface area contributed by atoms with E-state index in [4.69, 9.17) is 14.7 Å². The van der Waals surface area contributed by atoms with Gasteiger partial charge >= 0.3 is 0 Å². The number of nitriles is 1. The highest BCUT2D eigenvalue weighted by atomic mass is 16.5. The molecule has 1 fully saturated rings. The van der Waals surface area contributed by atoms with Gasteiger partial charge in [-0.05, 0) is 76.8 Å². The van der Waals surface area contributed by atoms with Gasteiger partial charge in [0.1, 0.15) is 12.1 Å². The van der Waals surface area contributed by atoms with Crippen LogP contribution in [-0.4, -0.2) is 73.3 Å². The Kier molecular flexibility index (Phi) is 7.78. The standard InChI is InChI=1S/C26H32N6O2/c1-31(2)21-9-12-32(13-10-21)11-4-14-34-25-16-23-22(15-24(25)33-3)26(29-18-28-23)30-20-7-5-19(17-27)6-8-20/h5-8,15-16,18,21H,4,9-14H2,1-3H3,(H,28,29,30). The maximum absolute atomic E-state index is 8.99. The van der Waals surface area contributed by atoms with E-state index in [9.17, 15) is 0 Å². The summed E-state index contributed by atoms with van der Waals surface area (Å²) in [6, 6.07) is 13.9. The third kappa shape index (κ3) is 5.74. The summed E-state index contributed by atoms with van der Waals surface area (Å²) in [6.07, 6.45) is 4.95. The number of anilines is 2. The van der Waals surface area contributed by atoms with Gasteiger partial charge < -0.3 is 24.6 Å². The van der Waals surface area contributed by atoms with E-state index in [0.29, 0.717) is 35.5 Å². The quantitative estimate of drug-likeness (QED) is 0.479. The number of aromatic nitrogens is 2. The summed E-state index contributed by atoms with van der Waals surface area (Å²) < 4.78 is 11.7. The van der Waals surface area contributed by atoms with Crippen molar-refractivity contribution in [1.82, 2.24) is 19.8 Å². The van der Waals surface area contributed by atoms with E-state index in [0.717, 1.165) is 42.6 Å². The fraction of sp³-hybridized carbons (Fsp3) is 0.423. The van der Waals surface area contributed by atoms with Gasteiger partial charge in [0, 0.05) is 29.7 Å². The molecule has 2 heterocycles. The van der Waals surface area contributed by atoms with Gasteiger partial charge in [0.05, 0.1) is 30.9 Å². The van der Waals surface area contributed by atoms with Crippen molar-refractivity contribution in [3.05, 3.63) is 48.3 Å². The molecule has 8 heteroatoms. The molecule has 1 N–H and O–H groups in total. The fourth-order valence-electron chi connectivity index (χ4n) is 4.33. The van der Waals surface area contributed by atoms with Crippen molar-refractivity contribution in [1.29, 1.82) is 5.26 Å². The van der Waals surface area contributed by atoms with Crippen molar-refractivity contribution in [3.63, 3.8) is 0 Å². The highest BCUT2D eigenvalue weighted by Crippen LogP contribution is 2.34. The number of nitrogens with one attached hydrogen (secondary N) is 1. The Morgan fingerprint density at radius 3 is 2.56 bits per heavy atom. The molecule has 34 heavy (non-hydrogen) atoms. The van der Waals surface area contributed by atoms with Gasteiger partial charge in [-0.25, -0.2) is 9.97 Å². The van der Waals surface area contributed by atoms with Crippen LogP contribution in [0.4, 0.5) is 11.5 Å². The van der Waals surface area contributed by atoms with E-state index in [1.54, 1.807) is 19.2 Å². The summed E-state index contributed by atoms with van der Waals surface area (Å²) in [5.41, 5.74) is 2.22. The molecule has 0 amide bonds. The first kappa shape index (κ1) is 23.7. The van der Waals surface area contributed by atoms with Crippen LogP contribution in [0.5, 0.6) is 11.5 Å². The Labute approximate surface area is 201 Å². The third-order valence-corrected chi connectivity index (χ3v) is 6.36. The lowest BCUT2D eigenvalue weighted by Gasteiger charge is -2.35. The second-order valence-corrected chi connectivity index (χ2v) is 8.80. The van der Waals surface area contributed by atoms with E-state index in [-0.39, 0.29) is 0 Å². The molecule has 0 radical (unpaired) electrons. The number of likely N-dealkylation sites (tertiary alicyclic amines) is 1. The summed E-state index contributed by atoms with van der Waals surface area (Å²) in [5, 5.41) is 13.1. The number of piperidine rings is 1. The zero-order valence-corrected chi connectivity index (χ0v) is 20.1. The number of nitrogens with zero attached hydrogens (tertiary/aromatic N) is 5. The number of hydrogen-bond donors (Lipinski definition) is 1. The summed E-state index contributed by atoms with van der Waals surface area (Å²) >= 11 is 0. The molecule has 178 valence electrons. The van der Waals surface area contributed by atoms with Gasteiger partial charge in [0.2, 0.25) is 0 Å². The number of hydrogen-bond acceptors (Lipinski definition) is 8. The van der Waals surface area contributed by atoms with Gasteiger partial charge in [0.15, 0.2) is 11.5 Å². The monoisotopic (exact) mass is 460 g/mol. The zero-order valence-electron chi connectivity index (χ0n) is 20.1. The van der Waals surface area contributed by atoms with Gasteiger partial charge in [-0.2, -0.15) is 5.26 Å². The van der Waals surface area contributed by atoms with Crippen molar-refractivity contribution in [2.75, 3.05) is 52.8 Å². The number of ether oxygens (including phenoxy) is 2. The molecule has 2 aromatic carbocycles. The number of rotatable bonds is 9. The van der Waals surface area contributed by atoms with Crippen LogP contribution >= 0.6 is 0 Å². The highest BCUT2D eigenvalue weighted by Gasteiger charge is 2.20. The maximum Gasteiger partial charge on any atom is 0.163 e. The van der Waals surface area contributed by atoms with Gasteiger partial charge in [0.25, 0.3) is 0 Å². The number of fused-ring (bicyclic) bond motifs is 1. The SMILES string of the molecule is COc1cc2c(Nc3ccc(C#N)cc3)ncnc2cc1OCCCN1CCC(N(C)C)CC1. The Bertz CT molecular complexity index is 1130. The molecule has 0 spiro atoms. The molecule has 0 atom stereocenters. The van der Waals surface area contributed by atoms with Crippen LogP contribution in [0.2, 0.25) is 0 Å². The first-order chi connectivity index (χ1) is 16.6. The summed E-state index contributed by atoms with van der Waals surface area (Å²) in [7, 11) is 5.98. The average Bonchev–Trinajstić information content (AvgIpc) is 2.87. The van der Waals surface area contributed by atoms with Crippen molar-refractivity contribution >= 4 is 22.4 Å². The molecule has 0 unspecified atom stereocenters. The molecule has 1 aliphatic heterocycles. The van der Waals surface area contributed by atoms with Crippen LogP contribution in [0, 0.1) is 11.3 Å². The van der Waals surface area contributed by atoms with E-state index in [1.807, 2.05) is 24.3 Å². The second kappa shape index (κ2) is 11.1. The molecule has 1 saturated heterocycles. The Hall–Kier alpha value is -3.41. The molecular weight excluding hydrogens is 428 g/mol. The highest BCUT2D eigenvalue weighted by molar-refractivity contribution is 5.93. The van der Waals surface area contributed by atoms with Crippen LogP contribution < -0.4 is 14.8 Å². The molecule has 1 aliphatic rings. The lowest BCUT2D eigenvalue weighted by molar-refractivity contribution is 0.138. The topological polar surface area (TPSA) is 86.5 Å².